The molecular formula is C10H11N3O4. The first-order valence-corrected chi connectivity index (χ1v) is 5.11. The highest BCUT2D eigenvalue weighted by Gasteiger charge is 2.26. The maximum Gasteiger partial charge on any atom is 0.339 e. The standard InChI is InChI=1S/C10H11N3O4/c1-17-10(14)7-5-8(13(15)16)9(11-6-7)12-3-2-4-12/h5-6H,2-4H2,1H3. The molecule has 0 amide bonds. The zero-order chi connectivity index (χ0) is 12.4. The molecule has 2 heterocycles. The predicted octanol–water partition coefficient (Wildman–Crippen LogP) is 0.986. The van der Waals surface area contributed by atoms with Crippen molar-refractivity contribution in [3.05, 3.63) is 27.9 Å². The van der Waals surface area contributed by atoms with Crippen LogP contribution >= 0.6 is 0 Å². The highest BCUT2D eigenvalue weighted by Crippen LogP contribution is 2.29. The van der Waals surface area contributed by atoms with Crippen LogP contribution in [0.3, 0.4) is 0 Å². The van der Waals surface area contributed by atoms with E-state index in [1.54, 1.807) is 4.90 Å². The summed E-state index contributed by atoms with van der Waals surface area (Å²) in [4.78, 5) is 27.4. The molecule has 1 aliphatic rings. The number of nitro groups is 1. The van der Waals surface area contributed by atoms with Crippen LogP contribution in [0.15, 0.2) is 12.3 Å². The minimum atomic E-state index is -0.629. The summed E-state index contributed by atoms with van der Waals surface area (Å²) in [6.45, 7) is 1.51. The van der Waals surface area contributed by atoms with Crippen molar-refractivity contribution in [1.82, 2.24) is 4.98 Å². The second-order valence-electron chi connectivity index (χ2n) is 3.66. The number of carbonyl (C=O) groups is 1. The molecule has 1 aromatic heterocycles. The smallest absolute Gasteiger partial charge is 0.339 e. The van der Waals surface area contributed by atoms with Crippen LogP contribution in [-0.2, 0) is 4.74 Å². The molecule has 0 bridgehead atoms. The topological polar surface area (TPSA) is 85.6 Å². The molecule has 2 rings (SSSR count). The summed E-state index contributed by atoms with van der Waals surface area (Å²) in [5.41, 5.74) is -0.0731. The van der Waals surface area contributed by atoms with Crippen molar-refractivity contribution < 1.29 is 14.5 Å². The van der Waals surface area contributed by atoms with Crippen LogP contribution < -0.4 is 4.90 Å². The number of rotatable bonds is 3. The Morgan fingerprint density at radius 2 is 2.29 bits per heavy atom. The van der Waals surface area contributed by atoms with Crippen LogP contribution in [0.25, 0.3) is 0 Å². The number of hydrogen-bond donors (Lipinski definition) is 0. The van der Waals surface area contributed by atoms with E-state index in [4.69, 9.17) is 0 Å². The van der Waals surface area contributed by atoms with E-state index in [2.05, 4.69) is 9.72 Å². The summed E-state index contributed by atoms with van der Waals surface area (Å²) in [5, 5.41) is 10.9. The zero-order valence-electron chi connectivity index (χ0n) is 9.25. The molecule has 1 saturated heterocycles. The molecule has 1 fully saturated rings. The van der Waals surface area contributed by atoms with Gasteiger partial charge in [-0.15, -0.1) is 0 Å². The maximum atomic E-state index is 11.3. The Balaban J connectivity index is 2.40. The lowest BCUT2D eigenvalue weighted by molar-refractivity contribution is -0.384. The molecule has 1 aliphatic heterocycles. The Bertz CT molecular complexity index is 471. The Kier molecular flexibility index (Phi) is 2.90. The third kappa shape index (κ3) is 2.03. The van der Waals surface area contributed by atoms with Crippen molar-refractivity contribution >= 4 is 17.5 Å². The number of methoxy groups -OCH3 is 1. The van der Waals surface area contributed by atoms with Crippen molar-refractivity contribution in [2.24, 2.45) is 0 Å². The van der Waals surface area contributed by atoms with Crippen LogP contribution in [0.1, 0.15) is 16.8 Å². The number of nitrogens with zero attached hydrogens (tertiary/aromatic N) is 3. The molecule has 0 radical (unpaired) electrons. The molecular weight excluding hydrogens is 226 g/mol. The average Bonchev–Trinajstić information content (AvgIpc) is 2.26. The first-order valence-electron chi connectivity index (χ1n) is 5.11. The van der Waals surface area contributed by atoms with Crippen molar-refractivity contribution in [1.29, 1.82) is 0 Å². The highest BCUT2D eigenvalue weighted by atomic mass is 16.6. The van der Waals surface area contributed by atoms with E-state index in [1.165, 1.54) is 19.4 Å². The van der Waals surface area contributed by atoms with Crippen LogP contribution in [0, 0.1) is 10.1 Å². The fraction of sp³-hybridized carbons (Fsp3) is 0.400. The summed E-state index contributed by atoms with van der Waals surface area (Å²) in [6, 6.07) is 1.20. The number of pyridine rings is 1. The first kappa shape index (κ1) is 11.3. The monoisotopic (exact) mass is 237 g/mol. The van der Waals surface area contributed by atoms with Crippen LogP contribution in [0.2, 0.25) is 0 Å². The van der Waals surface area contributed by atoms with Gasteiger partial charge in [-0.3, -0.25) is 10.1 Å². The molecule has 1 aromatic rings. The minimum absolute atomic E-state index is 0.0865. The number of anilines is 1. The SMILES string of the molecule is COC(=O)c1cnc(N2CCC2)c([N+](=O)[O-])c1. The normalized spacial score (nSPS) is 14.1. The van der Waals surface area contributed by atoms with Crippen molar-refractivity contribution in [2.45, 2.75) is 6.42 Å². The van der Waals surface area contributed by atoms with E-state index in [1.807, 2.05) is 0 Å². The van der Waals surface area contributed by atoms with Gasteiger partial charge >= 0.3 is 11.7 Å². The summed E-state index contributed by atoms with van der Waals surface area (Å²) < 4.78 is 4.50. The quantitative estimate of drug-likeness (QED) is 0.442. The van der Waals surface area contributed by atoms with E-state index in [9.17, 15) is 14.9 Å². The van der Waals surface area contributed by atoms with Gasteiger partial charge < -0.3 is 9.64 Å². The average molecular weight is 237 g/mol. The lowest BCUT2D eigenvalue weighted by Gasteiger charge is -2.31. The first-order chi connectivity index (χ1) is 8.13. The number of esters is 1. The van der Waals surface area contributed by atoms with E-state index in [0.717, 1.165) is 19.5 Å². The number of ether oxygens (including phenoxy) is 1. The molecule has 0 spiro atoms. The summed E-state index contributed by atoms with van der Waals surface area (Å²) in [6.07, 6.45) is 2.30. The van der Waals surface area contributed by atoms with Gasteiger partial charge in [0.2, 0.25) is 5.82 Å². The third-order valence-electron chi connectivity index (χ3n) is 2.62. The van der Waals surface area contributed by atoms with E-state index < -0.39 is 10.9 Å². The lowest BCUT2D eigenvalue weighted by atomic mass is 10.2. The Morgan fingerprint density at radius 1 is 1.59 bits per heavy atom. The fourth-order valence-electron chi connectivity index (χ4n) is 1.58. The largest absolute Gasteiger partial charge is 0.465 e. The summed E-state index contributed by atoms with van der Waals surface area (Å²) in [5.74, 6) is -0.315. The summed E-state index contributed by atoms with van der Waals surface area (Å²) >= 11 is 0. The van der Waals surface area contributed by atoms with Gasteiger partial charge in [0.1, 0.15) is 0 Å². The van der Waals surface area contributed by atoms with Gasteiger partial charge in [0.15, 0.2) is 0 Å². The third-order valence-corrected chi connectivity index (χ3v) is 2.62. The number of hydrogen-bond acceptors (Lipinski definition) is 6. The molecule has 90 valence electrons. The van der Waals surface area contributed by atoms with E-state index in [0.29, 0.717) is 5.82 Å². The van der Waals surface area contributed by atoms with Gasteiger partial charge in [-0.1, -0.05) is 0 Å². The van der Waals surface area contributed by atoms with Crippen molar-refractivity contribution in [3.63, 3.8) is 0 Å². The van der Waals surface area contributed by atoms with Gasteiger partial charge in [0.05, 0.1) is 17.6 Å². The maximum absolute atomic E-state index is 11.3. The lowest BCUT2D eigenvalue weighted by Crippen LogP contribution is -2.38. The van der Waals surface area contributed by atoms with Gasteiger partial charge in [-0.2, -0.15) is 0 Å². The zero-order valence-corrected chi connectivity index (χ0v) is 9.25. The van der Waals surface area contributed by atoms with Gasteiger partial charge in [0, 0.05) is 25.4 Å². The molecule has 0 saturated carbocycles. The predicted molar refractivity (Wildman–Crippen MR) is 59.1 cm³/mol. The minimum Gasteiger partial charge on any atom is -0.465 e. The van der Waals surface area contributed by atoms with Gasteiger partial charge in [0.25, 0.3) is 0 Å². The molecule has 7 heteroatoms. The van der Waals surface area contributed by atoms with Crippen LogP contribution in [-0.4, -0.2) is 36.1 Å². The molecule has 0 aliphatic carbocycles. The molecule has 7 nitrogen and oxygen atoms in total. The molecule has 0 atom stereocenters. The Labute approximate surface area is 97.2 Å². The Morgan fingerprint density at radius 3 is 2.76 bits per heavy atom. The Hall–Kier alpha value is -2.18. The second kappa shape index (κ2) is 4.36. The van der Waals surface area contributed by atoms with Gasteiger partial charge in [-0.25, -0.2) is 9.78 Å². The fourth-order valence-corrected chi connectivity index (χ4v) is 1.58. The second-order valence-corrected chi connectivity index (χ2v) is 3.66. The molecule has 0 N–H and O–H groups in total. The van der Waals surface area contributed by atoms with Crippen LogP contribution in [0.4, 0.5) is 11.5 Å². The highest BCUT2D eigenvalue weighted by molar-refractivity contribution is 5.90. The molecule has 17 heavy (non-hydrogen) atoms. The van der Waals surface area contributed by atoms with Crippen molar-refractivity contribution in [3.8, 4) is 0 Å². The number of carbonyl (C=O) groups excluding carboxylic acids is 1. The molecule has 0 aromatic carbocycles. The number of aromatic nitrogens is 1. The van der Waals surface area contributed by atoms with E-state index >= 15 is 0 Å². The van der Waals surface area contributed by atoms with E-state index in [-0.39, 0.29) is 11.3 Å². The van der Waals surface area contributed by atoms with Crippen molar-refractivity contribution in [2.75, 3.05) is 25.1 Å². The van der Waals surface area contributed by atoms with Gasteiger partial charge in [-0.05, 0) is 6.42 Å². The van der Waals surface area contributed by atoms with Crippen LogP contribution in [0.5, 0.6) is 0 Å². The summed E-state index contributed by atoms with van der Waals surface area (Å²) in [7, 11) is 1.22. The molecule has 0 unspecified atom stereocenters.